The van der Waals surface area contributed by atoms with E-state index in [4.69, 9.17) is 23.8 Å². The SMILES string of the molecule is CC(C)N(C(C)C)P(OCCC#N)OCC(OCc1cn(C)nn1)C1CCCO1. The molecule has 1 fully saturated rings. The van der Waals surface area contributed by atoms with Gasteiger partial charge in [0.15, 0.2) is 0 Å². The summed E-state index contributed by atoms with van der Waals surface area (Å²) in [5.74, 6) is 0. The van der Waals surface area contributed by atoms with Gasteiger partial charge in [0, 0.05) is 25.7 Å². The first-order valence-electron chi connectivity index (χ1n) is 10.2. The monoisotopic (exact) mass is 427 g/mol. The van der Waals surface area contributed by atoms with Crippen LogP contribution in [0.25, 0.3) is 0 Å². The Morgan fingerprint density at radius 3 is 2.66 bits per heavy atom. The van der Waals surface area contributed by atoms with Crippen LogP contribution >= 0.6 is 8.53 Å². The molecule has 3 atom stereocenters. The van der Waals surface area contributed by atoms with Crippen molar-refractivity contribution < 1.29 is 18.5 Å². The van der Waals surface area contributed by atoms with Crippen LogP contribution in [-0.4, -0.2) is 63.8 Å². The average molecular weight is 427 g/mol. The minimum Gasteiger partial charge on any atom is -0.375 e. The van der Waals surface area contributed by atoms with Crippen molar-refractivity contribution >= 4 is 8.53 Å². The third kappa shape index (κ3) is 7.89. The van der Waals surface area contributed by atoms with Gasteiger partial charge in [-0.2, -0.15) is 5.26 Å². The number of ether oxygens (including phenoxy) is 2. The van der Waals surface area contributed by atoms with Crippen LogP contribution in [0.4, 0.5) is 0 Å². The van der Waals surface area contributed by atoms with Crippen molar-refractivity contribution in [3.05, 3.63) is 11.9 Å². The zero-order chi connectivity index (χ0) is 21.2. The molecule has 0 aromatic carbocycles. The van der Waals surface area contributed by atoms with Crippen LogP contribution in [0.2, 0.25) is 0 Å². The molecule has 29 heavy (non-hydrogen) atoms. The van der Waals surface area contributed by atoms with Gasteiger partial charge in [0.05, 0.1) is 44.6 Å². The Balaban J connectivity index is 2.01. The number of aromatic nitrogens is 3. The van der Waals surface area contributed by atoms with E-state index in [-0.39, 0.29) is 24.3 Å². The molecular formula is C19H34N5O4P. The van der Waals surface area contributed by atoms with Gasteiger partial charge in [-0.1, -0.05) is 5.21 Å². The molecule has 2 heterocycles. The van der Waals surface area contributed by atoms with E-state index in [2.05, 4.69) is 48.7 Å². The molecule has 2 rings (SSSR count). The molecule has 164 valence electrons. The molecule has 1 aromatic rings. The summed E-state index contributed by atoms with van der Waals surface area (Å²) in [5.41, 5.74) is 0.772. The fourth-order valence-corrected chi connectivity index (χ4v) is 4.88. The Hall–Kier alpha value is -1.14. The highest BCUT2D eigenvalue weighted by Gasteiger charge is 2.32. The second-order valence-electron chi connectivity index (χ2n) is 7.63. The van der Waals surface area contributed by atoms with Crippen molar-refractivity contribution in [3.8, 4) is 6.07 Å². The van der Waals surface area contributed by atoms with Gasteiger partial charge in [0.2, 0.25) is 0 Å². The maximum atomic E-state index is 8.85. The quantitative estimate of drug-likeness (QED) is 0.350. The normalized spacial score (nSPS) is 19.2. The second kappa shape index (κ2) is 12.5. The number of hydrogen-bond acceptors (Lipinski definition) is 8. The molecule has 0 spiro atoms. The summed E-state index contributed by atoms with van der Waals surface area (Å²) < 4.78 is 28.1. The molecule has 0 amide bonds. The number of nitrogens with zero attached hydrogens (tertiary/aromatic N) is 5. The maximum absolute atomic E-state index is 8.85. The van der Waals surface area contributed by atoms with Gasteiger partial charge in [-0.3, -0.25) is 4.68 Å². The molecule has 10 heteroatoms. The summed E-state index contributed by atoms with van der Waals surface area (Å²) in [4.78, 5) is 0. The van der Waals surface area contributed by atoms with Gasteiger partial charge < -0.3 is 18.5 Å². The van der Waals surface area contributed by atoms with Crippen LogP contribution in [0.1, 0.15) is 52.7 Å². The average Bonchev–Trinajstić information content (AvgIpc) is 3.33. The third-order valence-corrected chi connectivity index (χ3v) is 6.56. The summed E-state index contributed by atoms with van der Waals surface area (Å²) in [7, 11) is 0.521. The topological polar surface area (TPSA) is 94.7 Å². The van der Waals surface area contributed by atoms with E-state index < -0.39 is 8.53 Å². The van der Waals surface area contributed by atoms with Crippen LogP contribution in [0, 0.1) is 11.3 Å². The van der Waals surface area contributed by atoms with Crippen LogP contribution in [-0.2, 0) is 32.2 Å². The minimum absolute atomic E-state index is 0.00539. The van der Waals surface area contributed by atoms with Crippen molar-refractivity contribution in [2.45, 2.75) is 77.9 Å². The number of rotatable bonds is 13. The third-order valence-electron chi connectivity index (χ3n) is 4.49. The van der Waals surface area contributed by atoms with E-state index in [1.165, 1.54) is 0 Å². The predicted octanol–water partition coefficient (Wildman–Crippen LogP) is 3.17. The fraction of sp³-hybridized carbons (Fsp3) is 0.842. The zero-order valence-electron chi connectivity index (χ0n) is 18.2. The molecule has 3 unspecified atom stereocenters. The van der Waals surface area contributed by atoms with Gasteiger partial charge in [-0.15, -0.1) is 5.10 Å². The van der Waals surface area contributed by atoms with Crippen molar-refractivity contribution in [1.29, 1.82) is 5.26 Å². The van der Waals surface area contributed by atoms with Crippen LogP contribution in [0.3, 0.4) is 0 Å². The lowest BCUT2D eigenvalue weighted by atomic mass is 10.1. The van der Waals surface area contributed by atoms with E-state index in [0.29, 0.717) is 26.2 Å². The van der Waals surface area contributed by atoms with E-state index >= 15 is 0 Å². The van der Waals surface area contributed by atoms with Gasteiger partial charge in [-0.05, 0) is 40.5 Å². The summed E-state index contributed by atoms with van der Waals surface area (Å²) in [5, 5.41) is 16.9. The number of nitriles is 1. The first-order valence-corrected chi connectivity index (χ1v) is 11.3. The van der Waals surface area contributed by atoms with Crippen LogP contribution in [0.15, 0.2) is 6.20 Å². The molecule has 1 aliphatic heterocycles. The van der Waals surface area contributed by atoms with Crippen molar-refractivity contribution in [2.24, 2.45) is 7.05 Å². The Kier molecular flexibility index (Phi) is 10.4. The Labute approximate surface area is 175 Å². The molecule has 0 bridgehead atoms. The zero-order valence-corrected chi connectivity index (χ0v) is 19.0. The molecule has 1 aliphatic rings. The number of hydrogen-bond donors (Lipinski definition) is 0. The first-order chi connectivity index (χ1) is 13.9. The van der Waals surface area contributed by atoms with E-state index in [0.717, 1.165) is 25.1 Å². The van der Waals surface area contributed by atoms with Crippen molar-refractivity contribution in [3.63, 3.8) is 0 Å². The predicted molar refractivity (Wildman–Crippen MR) is 110 cm³/mol. The standard InChI is InChI=1S/C19H34N5O4P/c1-15(2)24(16(3)4)29(27-11-7-9-20)28-14-19(18-8-6-10-25-18)26-13-17-12-23(5)22-21-17/h12,15-16,18-19H,6-8,10-11,13-14H2,1-5H3. The molecule has 0 saturated carbocycles. The molecular weight excluding hydrogens is 393 g/mol. The summed E-state index contributed by atoms with van der Waals surface area (Å²) in [6, 6.07) is 2.63. The lowest BCUT2D eigenvalue weighted by molar-refractivity contribution is -0.0763. The van der Waals surface area contributed by atoms with Gasteiger partial charge in [-0.25, -0.2) is 4.67 Å². The van der Waals surface area contributed by atoms with Crippen LogP contribution < -0.4 is 0 Å². The second-order valence-corrected chi connectivity index (χ2v) is 9.08. The number of aryl methyl sites for hydroxylation is 1. The highest BCUT2D eigenvalue weighted by Crippen LogP contribution is 2.46. The molecule has 9 nitrogen and oxygen atoms in total. The minimum atomic E-state index is -1.31. The molecule has 0 aliphatic carbocycles. The highest BCUT2D eigenvalue weighted by molar-refractivity contribution is 7.44. The molecule has 1 aromatic heterocycles. The van der Waals surface area contributed by atoms with Crippen LogP contribution in [0.5, 0.6) is 0 Å². The molecule has 0 radical (unpaired) electrons. The van der Waals surface area contributed by atoms with Gasteiger partial charge in [0.1, 0.15) is 11.8 Å². The molecule has 0 N–H and O–H groups in total. The summed E-state index contributed by atoms with van der Waals surface area (Å²) in [6.07, 6.45) is 3.92. The summed E-state index contributed by atoms with van der Waals surface area (Å²) in [6.45, 7) is 10.3. The highest BCUT2D eigenvalue weighted by atomic mass is 31.2. The van der Waals surface area contributed by atoms with E-state index in [1.54, 1.807) is 4.68 Å². The van der Waals surface area contributed by atoms with Crippen molar-refractivity contribution in [1.82, 2.24) is 19.7 Å². The lowest BCUT2D eigenvalue weighted by Crippen LogP contribution is -2.36. The maximum Gasteiger partial charge on any atom is 0.259 e. The molecule has 1 saturated heterocycles. The van der Waals surface area contributed by atoms with E-state index in [1.807, 2.05) is 13.2 Å². The first kappa shape index (κ1) is 24.1. The fourth-order valence-electron chi connectivity index (χ4n) is 3.26. The lowest BCUT2D eigenvalue weighted by Gasteiger charge is -2.36. The largest absolute Gasteiger partial charge is 0.375 e. The summed E-state index contributed by atoms with van der Waals surface area (Å²) >= 11 is 0. The van der Waals surface area contributed by atoms with Gasteiger partial charge >= 0.3 is 0 Å². The van der Waals surface area contributed by atoms with E-state index in [9.17, 15) is 0 Å². The van der Waals surface area contributed by atoms with Gasteiger partial charge in [0.25, 0.3) is 8.53 Å². The Bertz CT molecular complexity index is 622. The Morgan fingerprint density at radius 2 is 2.10 bits per heavy atom. The smallest absolute Gasteiger partial charge is 0.259 e. The van der Waals surface area contributed by atoms with Crippen molar-refractivity contribution in [2.75, 3.05) is 19.8 Å². The Morgan fingerprint density at radius 1 is 1.34 bits per heavy atom.